The van der Waals surface area contributed by atoms with Gasteiger partial charge >= 0.3 is 5.22 Å². The van der Waals surface area contributed by atoms with Gasteiger partial charge in [-0.1, -0.05) is 0 Å². The second kappa shape index (κ2) is 3.75. The number of halogens is 1. The fourth-order valence-electron chi connectivity index (χ4n) is 1.24. The van der Waals surface area contributed by atoms with Crippen molar-refractivity contribution in [1.29, 1.82) is 0 Å². The summed E-state index contributed by atoms with van der Waals surface area (Å²) in [5.74, 6) is -0.630. The molecule has 2 rings (SSSR count). The molecule has 7 heteroatoms. The summed E-state index contributed by atoms with van der Waals surface area (Å²) in [5.41, 5.74) is 6.60. The van der Waals surface area contributed by atoms with Gasteiger partial charge in [0.1, 0.15) is 12.2 Å². The van der Waals surface area contributed by atoms with E-state index in [9.17, 15) is 12.8 Å². The van der Waals surface area contributed by atoms with Crippen LogP contribution >= 0.6 is 0 Å². The highest BCUT2D eigenvalue weighted by Crippen LogP contribution is 2.21. The van der Waals surface area contributed by atoms with E-state index in [0.717, 1.165) is 0 Å². The van der Waals surface area contributed by atoms with Gasteiger partial charge in [0.15, 0.2) is 5.58 Å². The first-order valence-electron chi connectivity index (χ1n) is 4.48. The third kappa shape index (κ3) is 1.85. The Bertz CT molecular complexity index is 621. The Hall–Kier alpha value is -1.63. The molecule has 0 bridgehead atoms. The standard InChI is InChI=1S/C9H9FN2O3S/c10-3-4-16(13,14)9-12-7-2-1-6(11)5-8(7)15-9/h1-2,5H,3-4,11H2. The number of nitrogens with zero attached hydrogens (tertiary/aromatic N) is 1. The molecule has 0 amide bonds. The van der Waals surface area contributed by atoms with Gasteiger partial charge in [-0.15, -0.1) is 0 Å². The molecular weight excluding hydrogens is 235 g/mol. The van der Waals surface area contributed by atoms with Crippen LogP contribution in [0.4, 0.5) is 10.1 Å². The van der Waals surface area contributed by atoms with Gasteiger partial charge in [0.05, 0.1) is 5.75 Å². The highest BCUT2D eigenvalue weighted by molar-refractivity contribution is 7.91. The number of sulfone groups is 1. The molecule has 0 aliphatic heterocycles. The molecular formula is C9H9FN2O3S. The van der Waals surface area contributed by atoms with Crippen molar-refractivity contribution in [2.24, 2.45) is 0 Å². The van der Waals surface area contributed by atoms with Crippen molar-refractivity contribution in [2.45, 2.75) is 5.22 Å². The average Bonchev–Trinajstić information content (AvgIpc) is 2.61. The van der Waals surface area contributed by atoms with E-state index in [1.165, 1.54) is 6.07 Å². The summed E-state index contributed by atoms with van der Waals surface area (Å²) < 4.78 is 40.0. The normalized spacial score (nSPS) is 12.1. The highest BCUT2D eigenvalue weighted by atomic mass is 32.2. The van der Waals surface area contributed by atoms with Gasteiger partial charge in [0.25, 0.3) is 0 Å². The Morgan fingerprint density at radius 2 is 2.19 bits per heavy atom. The molecule has 0 aliphatic carbocycles. The summed E-state index contributed by atoms with van der Waals surface area (Å²) in [7, 11) is -3.78. The Kier molecular flexibility index (Phi) is 2.55. The molecule has 2 aromatic rings. The molecule has 1 heterocycles. The number of anilines is 1. The molecule has 0 fully saturated rings. The van der Waals surface area contributed by atoms with Crippen LogP contribution < -0.4 is 5.73 Å². The van der Waals surface area contributed by atoms with Crippen LogP contribution in [0, 0.1) is 0 Å². The molecule has 86 valence electrons. The molecule has 0 aliphatic rings. The summed E-state index contributed by atoms with van der Waals surface area (Å²) in [6, 6.07) is 4.59. The van der Waals surface area contributed by atoms with Gasteiger partial charge in [0.2, 0.25) is 9.84 Å². The van der Waals surface area contributed by atoms with E-state index in [1.807, 2.05) is 0 Å². The van der Waals surface area contributed by atoms with Crippen molar-refractivity contribution < 1.29 is 17.2 Å². The monoisotopic (exact) mass is 244 g/mol. The summed E-state index contributed by atoms with van der Waals surface area (Å²) >= 11 is 0. The predicted octanol–water partition coefficient (Wildman–Crippen LogP) is 1.15. The van der Waals surface area contributed by atoms with Crippen molar-refractivity contribution in [1.82, 2.24) is 4.98 Å². The summed E-state index contributed by atoms with van der Waals surface area (Å²) in [6.45, 7) is -0.969. The van der Waals surface area contributed by atoms with Crippen molar-refractivity contribution in [3.63, 3.8) is 0 Å². The van der Waals surface area contributed by atoms with Crippen molar-refractivity contribution in [2.75, 3.05) is 18.2 Å². The second-order valence-electron chi connectivity index (χ2n) is 3.21. The zero-order valence-corrected chi connectivity index (χ0v) is 9.00. The van der Waals surface area contributed by atoms with E-state index in [1.54, 1.807) is 12.1 Å². The lowest BCUT2D eigenvalue weighted by molar-refractivity contribution is 0.451. The number of fused-ring (bicyclic) bond motifs is 1. The molecule has 0 atom stereocenters. The van der Waals surface area contributed by atoms with Crippen LogP contribution in [0.25, 0.3) is 11.1 Å². The van der Waals surface area contributed by atoms with Crippen LogP contribution in [0.2, 0.25) is 0 Å². The van der Waals surface area contributed by atoms with Gasteiger partial charge in [-0.25, -0.2) is 12.8 Å². The van der Waals surface area contributed by atoms with Crippen LogP contribution in [-0.4, -0.2) is 25.8 Å². The first-order chi connectivity index (χ1) is 7.53. The zero-order chi connectivity index (χ0) is 11.8. The van der Waals surface area contributed by atoms with Gasteiger partial charge in [-0.05, 0) is 12.1 Å². The van der Waals surface area contributed by atoms with Crippen LogP contribution in [0.3, 0.4) is 0 Å². The van der Waals surface area contributed by atoms with E-state index in [-0.39, 0.29) is 5.58 Å². The van der Waals surface area contributed by atoms with E-state index in [0.29, 0.717) is 11.2 Å². The maximum atomic E-state index is 12.0. The number of benzene rings is 1. The van der Waals surface area contributed by atoms with E-state index >= 15 is 0 Å². The van der Waals surface area contributed by atoms with Crippen molar-refractivity contribution >= 4 is 26.6 Å². The molecule has 0 saturated carbocycles. The molecule has 16 heavy (non-hydrogen) atoms. The van der Waals surface area contributed by atoms with E-state index in [4.69, 9.17) is 10.2 Å². The number of rotatable bonds is 3. The Balaban J connectivity index is 2.55. The first-order valence-corrected chi connectivity index (χ1v) is 6.13. The van der Waals surface area contributed by atoms with Gasteiger partial charge in [-0.3, -0.25) is 0 Å². The molecule has 0 saturated heterocycles. The number of oxazole rings is 1. The van der Waals surface area contributed by atoms with Gasteiger partial charge in [-0.2, -0.15) is 4.98 Å². The summed E-state index contributed by atoms with van der Waals surface area (Å²) in [6.07, 6.45) is 0. The SMILES string of the molecule is Nc1ccc2nc(S(=O)(=O)CCF)oc2c1. The minimum Gasteiger partial charge on any atom is -0.428 e. The third-order valence-corrected chi connectivity index (χ3v) is 3.40. The lowest BCUT2D eigenvalue weighted by Gasteiger charge is -1.93. The predicted molar refractivity (Wildman–Crippen MR) is 56.4 cm³/mol. The quantitative estimate of drug-likeness (QED) is 0.818. The van der Waals surface area contributed by atoms with Crippen LogP contribution in [0.5, 0.6) is 0 Å². The maximum Gasteiger partial charge on any atom is 0.316 e. The van der Waals surface area contributed by atoms with Crippen LogP contribution in [0.15, 0.2) is 27.8 Å². The molecule has 2 N–H and O–H groups in total. The molecule has 0 unspecified atom stereocenters. The second-order valence-corrected chi connectivity index (χ2v) is 5.20. The molecule has 0 spiro atoms. The largest absolute Gasteiger partial charge is 0.428 e. The first kappa shape index (κ1) is 10.9. The molecule has 0 radical (unpaired) electrons. The summed E-state index contributed by atoms with van der Waals surface area (Å²) in [5, 5.41) is -0.467. The topological polar surface area (TPSA) is 86.2 Å². The Labute approximate surface area is 91.0 Å². The zero-order valence-electron chi connectivity index (χ0n) is 8.18. The Morgan fingerprint density at radius 3 is 2.88 bits per heavy atom. The van der Waals surface area contributed by atoms with Gasteiger partial charge < -0.3 is 10.2 Å². The molecule has 1 aromatic carbocycles. The lowest BCUT2D eigenvalue weighted by Crippen LogP contribution is -2.08. The summed E-state index contributed by atoms with van der Waals surface area (Å²) in [4.78, 5) is 3.77. The fraction of sp³-hybridized carbons (Fsp3) is 0.222. The number of nitrogen functional groups attached to an aromatic ring is 1. The number of alkyl halides is 1. The van der Waals surface area contributed by atoms with Gasteiger partial charge in [0, 0.05) is 11.8 Å². The minimum absolute atomic E-state index is 0.275. The van der Waals surface area contributed by atoms with Crippen LogP contribution in [0.1, 0.15) is 0 Å². The minimum atomic E-state index is -3.78. The smallest absolute Gasteiger partial charge is 0.316 e. The number of aromatic nitrogens is 1. The number of hydrogen-bond acceptors (Lipinski definition) is 5. The lowest BCUT2D eigenvalue weighted by atomic mass is 10.3. The van der Waals surface area contributed by atoms with Crippen molar-refractivity contribution in [3.05, 3.63) is 18.2 Å². The highest BCUT2D eigenvalue weighted by Gasteiger charge is 2.21. The maximum absolute atomic E-state index is 12.0. The molecule has 1 aromatic heterocycles. The number of nitrogens with two attached hydrogens (primary N) is 1. The van der Waals surface area contributed by atoms with E-state index in [2.05, 4.69) is 4.98 Å². The van der Waals surface area contributed by atoms with Crippen LogP contribution in [-0.2, 0) is 9.84 Å². The van der Waals surface area contributed by atoms with Crippen molar-refractivity contribution in [3.8, 4) is 0 Å². The third-order valence-electron chi connectivity index (χ3n) is 2.00. The van der Waals surface area contributed by atoms with E-state index < -0.39 is 27.5 Å². The molecule has 5 nitrogen and oxygen atoms in total. The number of hydrogen-bond donors (Lipinski definition) is 1. The Morgan fingerprint density at radius 1 is 1.44 bits per heavy atom. The fourth-order valence-corrected chi connectivity index (χ4v) is 2.07. The average molecular weight is 244 g/mol.